The molecule has 1 aromatic rings. The summed E-state index contributed by atoms with van der Waals surface area (Å²) in [5.74, 6) is 0.0861. The minimum absolute atomic E-state index is 0.0643. The van der Waals surface area contributed by atoms with Gasteiger partial charge in [0.2, 0.25) is 0 Å². The second-order valence-corrected chi connectivity index (χ2v) is 5.40. The van der Waals surface area contributed by atoms with Gasteiger partial charge in [-0.3, -0.25) is 0 Å². The second kappa shape index (κ2) is 11.3. The Balaban J connectivity index is 0.00000277. The molecule has 1 aromatic heterocycles. The van der Waals surface area contributed by atoms with E-state index in [1.165, 1.54) is 10.8 Å². The van der Waals surface area contributed by atoms with E-state index >= 15 is 0 Å². The van der Waals surface area contributed by atoms with E-state index in [4.69, 9.17) is 34.0 Å². The molecule has 0 aliphatic carbocycles. The lowest BCUT2D eigenvalue weighted by atomic mass is 10.1. The monoisotopic (exact) mass is 381 g/mol. The summed E-state index contributed by atoms with van der Waals surface area (Å²) < 4.78 is 1.27. The number of nitrogen functional groups attached to an aromatic ring is 1. The van der Waals surface area contributed by atoms with Gasteiger partial charge in [-0.05, 0) is 19.9 Å². The van der Waals surface area contributed by atoms with Crippen LogP contribution in [0, 0.1) is 22.7 Å². The number of aromatic nitrogens is 2. The Morgan fingerprint density at radius 1 is 1.36 bits per heavy atom. The Kier molecular flexibility index (Phi) is 10.3. The lowest BCUT2D eigenvalue weighted by molar-refractivity contribution is 0.270. The van der Waals surface area contributed by atoms with Crippen LogP contribution >= 0.6 is 23.2 Å². The van der Waals surface area contributed by atoms with Crippen molar-refractivity contribution in [1.29, 1.82) is 10.5 Å². The highest BCUT2D eigenvalue weighted by Gasteiger charge is 2.19. The topological polar surface area (TPSA) is 112 Å². The number of nitriles is 2. The van der Waals surface area contributed by atoms with Gasteiger partial charge >= 0.3 is 0 Å². The van der Waals surface area contributed by atoms with Gasteiger partial charge in [0.25, 0.3) is 0 Å². The highest BCUT2D eigenvalue weighted by atomic mass is 35.5. The summed E-state index contributed by atoms with van der Waals surface area (Å²) in [5, 5.41) is 32.6. The Bertz CT molecular complexity index is 772. The van der Waals surface area contributed by atoms with Crippen LogP contribution in [0.4, 0.5) is 5.82 Å². The Morgan fingerprint density at radius 3 is 2.36 bits per heavy atom. The Hall–Kier alpha value is -2.25. The van der Waals surface area contributed by atoms with Crippen LogP contribution in [-0.2, 0) is 6.54 Å². The van der Waals surface area contributed by atoms with E-state index in [1.54, 1.807) is 19.9 Å². The van der Waals surface area contributed by atoms with E-state index in [9.17, 15) is 10.5 Å². The maximum atomic E-state index is 9.42. The average Bonchev–Trinajstić information content (AvgIpc) is 2.92. The molecule has 0 atom stereocenters. The number of allylic oxidation sites excluding steroid dienone is 6. The number of nitrogens with two attached hydrogens (primary N) is 1. The summed E-state index contributed by atoms with van der Waals surface area (Å²) in [5.41, 5.74) is 6.56. The van der Waals surface area contributed by atoms with Gasteiger partial charge in [0, 0.05) is 15.6 Å². The molecular weight excluding hydrogens is 361 g/mol. The molecule has 0 fully saturated rings. The molecular formula is C17H21Cl2N5O. The molecule has 1 rings (SSSR count). The maximum Gasteiger partial charge on any atom is 0.140 e. The summed E-state index contributed by atoms with van der Waals surface area (Å²) in [6.07, 6.45) is 3.09. The SMILES string of the molecule is CC.C\C=C(Cl)/C(/C=C(\C#N)c1nn(CCO)c(N)c1C#N)=C(\C)Cl. The van der Waals surface area contributed by atoms with Crippen LogP contribution in [0.5, 0.6) is 0 Å². The van der Waals surface area contributed by atoms with Gasteiger partial charge in [-0.1, -0.05) is 43.1 Å². The molecule has 0 saturated carbocycles. The van der Waals surface area contributed by atoms with E-state index in [1.807, 2.05) is 26.0 Å². The summed E-state index contributed by atoms with van der Waals surface area (Å²) in [6, 6.07) is 3.90. The molecule has 1 heterocycles. The first-order valence-corrected chi connectivity index (χ1v) is 8.34. The lowest BCUT2D eigenvalue weighted by Gasteiger charge is -2.03. The molecule has 0 spiro atoms. The fraction of sp³-hybridized carbons (Fsp3) is 0.353. The third kappa shape index (κ3) is 5.65. The molecule has 0 radical (unpaired) electrons. The zero-order chi connectivity index (χ0) is 19.6. The quantitative estimate of drug-likeness (QED) is 0.592. The average molecular weight is 382 g/mol. The first-order chi connectivity index (χ1) is 11.9. The molecule has 0 aliphatic rings. The van der Waals surface area contributed by atoms with E-state index in [2.05, 4.69) is 5.10 Å². The van der Waals surface area contributed by atoms with E-state index in [-0.39, 0.29) is 35.8 Å². The van der Waals surface area contributed by atoms with Crippen LogP contribution in [0.3, 0.4) is 0 Å². The van der Waals surface area contributed by atoms with Gasteiger partial charge in [0.15, 0.2) is 0 Å². The van der Waals surface area contributed by atoms with Gasteiger partial charge in [0.1, 0.15) is 29.2 Å². The van der Waals surface area contributed by atoms with Gasteiger partial charge in [0.05, 0.1) is 18.7 Å². The third-order valence-corrected chi connectivity index (χ3v) is 3.59. The Labute approximate surface area is 158 Å². The Morgan fingerprint density at radius 2 is 1.96 bits per heavy atom. The molecule has 0 amide bonds. The summed E-state index contributed by atoms with van der Waals surface area (Å²) in [7, 11) is 0. The normalized spacial score (nSPS) is 12.5. The molecule has 0 unspecified atom stereocenters. The maximum absolute atomic E-state index is 9.42. The van der Waals surface area contributed by atoms with E-state index < -0.39 is 0 Å². The minimum atomic E-state index is -0.196. The standard InChI is InChI=1S/C15H15Cl2N5O.C2H6/c1-3-13(17)11(9(2)16)6-10(7-18)14-12(8-19)15(20)22(21-14)4-5-23;1-2/h3,6,23H,4-5,20H2,1-2H3;1-2H3/b10-6+,11-9+,13-3+;. The predicted molar refractivity (Wildman–Crippen MR) is 102 cm³/mol. The van der Waals surface area contributed by atoms with Crippen molar-refractivity contribution in [3.8, 4) is 12.1 Å². The van der Waals surface area contributed by atoms with E-state index in [0.29, 0.717) is 15.6 Å². The molecule has 8 heteroatoms. The van der Waals surface area contributed by atoms with Crippen LogP contribution in [0.15, 0.2) is 27.8 Å². The van der Waals surface area contributed by atoms with Gasteiger partial charge in [-0.25, -0.2) is 4.68 Å². The highest BCUT2D eigenvalue weighted by molar-refractivity contribution is 6.36. The highest BCUT2D eigenvalue weighted by Crippen LogP contribution is 2.28. The minimum Gasteiger partial charge on any atom is -0.394 e. The predicted octanol–water partition coefficient (Wildman–Crippen LogP) is 3.92. The molecule has 6 nitrogen and oxygen atoms in total. The summed E-state index contributed by atoms with van der Waals surface area (Å²) >= 11 is 12.1. The molecule has 0 bridgehead atoms. The number of hydrogen-bond acceptors (Lipinski definition) is 5. The van der Waals surface area contributed by atoms with Crippen LogP contribution < -0.4 is 5.73 Å². The lowest BCUT2D eigenvalue weighted by Crippen LogP contribution is -2.07. The first kappa shape index (κ1) is 22.8. The van der Waals surface area contributed by atoms with Crippen LogP contribution in [0.25, 0.3) is 5.57 Å². The molecule has 134 valence electrons. The van der Waals surface area contributed by atoms with Crippen molar-refractivity contribution in [1.82, 2.24) is 9.78 Å². The number of rotatable bonds is 5. The number of anilines is 1. The van der Waals surface area contributed by atoms with Crippen LogP contribution in [-0.4, -0.2) is 21.5 Å². The zero-order valence-corrected chi connectivity index (χ0v) is 16.2. The van der Waals surface area contributed by atoms with E-state index in [0.717, 1.165) is 0 Å². The van der Waals surface area contributed by atoms with Crippen molar-refractivity contribution in [2.75, 3.05) is 12.3 Å². The van der Waals surface area contributed by atoms with Gasteiger partial charge in [-0.2, -0.15) is 15.6 Å². The van der Waals surface area contributed by atoms with Crippen molar-refractivity contribution in [2.45, 2.75) is 34.2 Å². The largest absolute Gasteiger partial charge is 0.394 e. The molecule has 0 saturated heterocycles. The summed E-state index contributed by atoms with van der Waals surface area (Å²) in [4.78, 5) is 0. The second-order valence-electron chi connectivity index (χ2n) is 4.42. The third-order valence-electron chi connectivity index (χ3n) is 2.96. The molecule has 0 aromatic carbocycles. The van der Waals surface area contributed by atoms with Crippen LogP contribution in [0.2, 0.25) is 0 Å². The molecule has 0 aliphatic heterocycles. The van der Waals surface area contributed by atoms with Crippen LogP contribution in [0.1, 0.15) is 39.0 Å². The number of nitrogens with zero attached hydrogens (tertiary/aromatic N) is 4. The summed E-state index contributed by atoms with van der Waals surface area (Å²) in [6.45, 7) is 7.29. The number of aliphatic hydroxyl groups excluding tert-OH is 1. The van der Waals surface area contributed by atoms with Gasteiger partial charge < -0.3 is 10.8 Å². The van der Waals surface area contributed by atoms with Crippen molar-refractivity contribution >= 4 is 34.6 Å². The van der Waals surface area contributed by atoms with Crippen molar-refractivity contribution in [3.05, 3.63) is 39.0 Å². The molecule has 3 N–H and O–H groups in total. The smallest absolute Gasteiger partial charge is 0.140 e. The number of halogens is 2. The van der Waals surface area contributed by atoms with Gasteiger partial charge in [-0.15, -0.1) is 0 Å². The molecule has 25 heavy (non-hydrogen) atoms. The van der Waals surface area contributed by atoms with Crippen molar-refractivity contribution < 1.29 is 5.11 Å². The first-order valence-electron chi connectivity index (χ1n) is 7.59. The van der Waals surface area contributed by atoms with Crippen molar-refractivity contribution in [2.24, 2.45) is 0 Å². The zero-order valence-electron chi connectivity index (χ0n) is 14.6. The van der Waals surface area contributed by atoms with Crippen molar-refractivity contribution in [3.63, 3.8) is 0 Å². The number of hydrogen-bond donors (Lipinski definition) is 2. The fourth-order valence-corrected chi connectivity index (χ4v) is 2.23. The number of aliphatic hydroxyl groups is 1. The fourth-order valence-electron chi connectivity index (χ4n) is 1.83.